The van der Waals surface area contributed by atoms with Crippen LogP contribution >= 0.6 is 0 Å². The Labute approximate surface area is 84.4 Å². The maximum Gasteiger partial charge on any atom is 0.221 e. The third-order valence-electron chi connectivity index (χ3n) is 1.51. The van der Waals surface area contributed by atoms with Gasteiger partial charge in [0.05, 0.1) is 0 Å². The Kier molecular flexibility index (Phi) is 5.87. The Balaban J connectivity index is 3.65. The lowest BCUT2D eigenvalue weighted by atomic mass is 10.2. The molecular weight excluding hydrogens is 182 g/mol. The molecule has 0 saturated carbocycles. The first-order chi connectivity index (χ1) is 6.41. The normalized spacial score (nSPS) is 12.4. The molecule has 0 heterocycles. The zero-order valence-corrected chi connectivity index (χ0v) is 8.96. The Morgan fingerprint density at radius 1 is 1.36 bits per heavy atom. The molecule has 0 radical (unpaired) electrons. The summed E-state index contributed by atoms with van der Waals surface area (Å²) in [6, 6.07) is -0.201. The number of hydrogen-bond donors (Lipinski definition) is 3. The van der Waals surface area contributed by atoms with Crippen LogP contribution in [0.2, 0.25) is 0 Å². The minimum atomic E-state index is -0.322. The maximum atomic E-state index is 11.2. The summed E-state index contributed by atoms with van der Waals surface area (Å²) < 4.78 is 0. The van der Waals surface area contributed by atoms with Crippen LogP contribution in [-0.4, -0.2) is 30.4 Å². The second-order valence-corrected chi connectivity index (χ2v) is 3.62. The Hall–Kier alpha value is -1.10. The van der Waals surface area contributed by atoms with E-state index in [2.05, 4.69) is 10.6 Å². The van der Waals surface area contributed by atoms with E-state index in [4.69, 9.17) is 5.73 Å². The molecule has 0 bridgehead atoms. The standard InChI is InChI=1S/C9H19N3O2/c1-6(2)12-9(14)4-8(10)5-11-7(3)13/h6,8H,4-5,10H2,1-3H3,(H,11,13)(H,12,14)/t8-/m1/s1. The van der Waals surface area contributed by atoms with E-state index >= 15 is 0 Å². The summed E-state index contributed by atoms with van der Waals surface area (Å²) in [7, 11) is 0. The topological polar surface area (TPSA) is 84.2 Å². The summed E-state index contributed by atoms with van der Waals surface area (Å²) in [5, 5.41) is 5.29. The molecule has 0 aliphatic rings. The van der Waals surface area contributed by atoms with Gasteiger partial charge in [0.15, 0.2) is 0 Å². The Morgan fingerprint density at radius 3 is 2.36 bits per heavy atom. The molecular formula is C9H19N3O2. The minimum absolute atomic E-state index is 0.0853. The van der Waals surface area contributed by atoms with Crippen molar-refractivity contribution in [3.8, 4) is 0 Å². The molecule has 0 aromatic heterocycles. The molecule has 0 aromatic rings. The zero-order valence-electron chi connectivity index (χ0n) is 8.96. The Morgan fingerprint density at radius 2 is 1.93 bits per heavy atom. The summed E-state index contributed by atoms with van der Waals surface area (Å²) >= 11 is 0. The number of nitrogens with two attached hydrogens (primary N) is 1. The van der Waals surface area contributed by atoms with Crippen molar-refractivity contribution in [1.82, 2.24) is 10.6 Å². The van der Waals surface area contributed by atoms with Crippen LogP contribution in [0, 0.1) is 0 Å². The Bertz CT molecular complexity index is 204. The van der Waals surface area contributed by atoms with Crippen LogP contribution in [0.25, 0.3) is 0 Å². The summed E-state index contributed by atoms with van der Waals surface area (Å²) in [6.07, 6.45) is 0.235. The van der Waals surface area contributed by atoms with E-state index in [9.17, 15) is 9.59 Å². The van der Waals surface area contributed by atoms with Crippen molar-refractivity contribution in [3.63, 3.8) is 0 Å². The zero-order chi connectivity index (χ0) is 11.1. The minimum Gasteiger partial charge on any atom is -0.355 e. The largest absolute Gasteiger partial charge is 0.355 e. The second-order valence-electron chi connectivity index (χ2n) is 3.62. The number of rotatable bonds is 5. The number of carbonyl (C=O) groups excluding carboxylic acids is 2. The van der Waals surface area contributed by atoms with Crippen LogP contribution in [-0.2, 0) is 9.59 Å². The third kappa shape index (κ3) is 7.54. The predicted octanol–water partition coefficient (Wildman–Crippen LogP) is -0.635. The van der Waals surface area contributed by atoms with Gasteiger partial charge in [0.2, 0.25) is 11.8 Å². The van der Waals surface area contributed by atoms with Crippen LogP contribution in [0.4, 0.5) is 0 Å². The average Bonchev–Trinajstić information content (AvgIpc) is 1.98. The molecule has 82 valence electrons. The number of carbonyl (C=O) groups is 2. The molecule has 5 nitrogen and oxygen atoms in total. The molecule has 4 N–H and O–H groups in total. The fourth-order valence-electron chi connectivity index (χ4n) is 0.966. The highest BCUT2D eigenvalue weighted by Gasteiger charge is 2.10. The highest BCUT2D eigenvalue weighted by Crippen LogP contribution is 1.88. The van der Waals surface area contributed by atoms with Crippen molar-refractivity contribution in [2.75, 3.05) is 6.54 Å². The van der Waals surface area contributed by atoms with Gasteiger partial charge in [0.25, 0.3) is 0 Å². The quantitative estimate of drug-likeness (QED) is 0.553. The van der Waals surface area contributed by atoms with E-state index in [-0.39, 0.29) is 30.3 Å². The van der Waals surface area contributed by atoms with Gasteiger partial charge in [-0.15, -0.1) is 0 Å². The number of nitrogens with one attached hydrogen (secondary N) is 2. The monoisotopic (exact) mass is 201 g/mol. The summed E-state index contributed by atoms with van der Waals surface area (Å²) in [6.45, 7) is 5.52. The molecule has 0 rings (SSSR count). The van der Waals surface area contributed by atoms with Crippen molar-refractivity contribution in [2.24, 2.45) is 5.73 Å². The van der Waals surface area contributed by atoms with Crippen molar-refractivity contribution >= 4 is 11.8 Å². The van der Waals surface area contributed by atoms with Crippen LogP contribution < -0.4 is 16.4 Å². The van der Waals surface area contributed by atoms with E-state index in [1.54, 1.807) is 0 Å². The van der Waals surface area contributed by atoms with Gasteiger partial charge in [-0.2, -0.15) is 0 Å². The highest BCUT2D eigenvalue weighted by atomic mass is 16.2. The van der Waals surface area contributed by atoms with Gasteiger partial charge in [0, 0.05) is 32.0 Å². The van der Waals surface area contributed by atoms with E-state index < -0.39 is 0 Å². The fourth-order valence-corrected chi connectivity index (χ4v) is 0.966. The lowest BCUT2D eigenvalue weighted by Gasteiger charge is -2.13. The molecule has 14 heavy (non-hydrogen) atoms. The lowest BCUT2D eigenvalue weighted by Crippen LogP contribution is -2.41. The van der Waals surface area contributed by atoms with Crippen LogP contribution in [0.15, 0.2) is 0 Å². The van der Waals surface area contributed by atoms with Crippen LogP contribution in [0.1, 0.15) is 27.2 Å². The molecule has 2 amide bonds. The van der Waals surface area contributed by atoms with Gasteiger partial charge < -0.3 is 16.4 Å². The van der Waals surface area contributed by atoms with E-state index in [0.717, 1.165) is 0 Å². The molecule has 1 atom stereocenters. The van der Waals surface area contributed by atoms with Crippen LogP contribution in [0.5, 0.6) is 0 Å². The molecule has 0 aliphatic carbocycles. The van der Waals surface area contributed by atoms with E-state index in [0.29, 0.717) is 6.54 Å². The smallest absolute Gasteiger partial charge is 0.221 e. The van der Waals surface area contributed by atoms with Gasteiger partial charge in [-0.1, -0.05) is 0 Å². The number of amides is 2. The van der Waals surface area contributed by atoms with Crippen LogP contribution in [0.3, 0.4) is 0 Å². The molecule has 5 heteroatoms. The summed E-state index contributed by atoms with van der Waals surface area (Å²) in [4.78, 5) is 21.7. The summed E-state index contributed by atoms with van der Waals surface area (Å²) in [5.74, 6) is -0.220. The van der Waals surface area contributed by atoms with Crippen molar-refractivity contribution in [3.05, 3.63) is 0 Å². The molecule has 0 spiro atoms. The maximum absolute atomic E-state index is 11.2. The van der Waals surface area contributed by atoms with Gasteiger partial charge in [0.1, 0.15) is 0 Å². The molecule has 0 saturated heterocycles. The lowest BCUT2D eigenvalue weighted by molar-refractivity contribution is -0.122. The second kappa shape index (κ2) is 6.37. The third-order valence-corrected chi connectivity index (χ3v) is 1.51. The predicted molar refractivity (Wildman–Crippen MR) is 54.6 cm³/mol. The molecule has 0 fully saturated rings. The molecule has 0 unspecified atom stereocenters. The molecule has 0 aromatic carbocycles. The van der Waals surface area contributed by atoms with Crippen molar-refractivity contribution < 1.29 is 9.59 Å². The van der Waals surface area contributed by atoms with Gasteiger partial charge in [-0.05, 0) is 13.8 Å². The first kappa shape index (κ1) is 12.9. The van der Waals surface area contributed by atoms with E-state index in [1.165, 1.54) is 6.92 Å². The number of hydrogen-bond acceptors (Lipinski definition) is 3. The summed E-state index contributed by atoms with van der Waals surface area (Å²) in [5.41, 5.74) is 5.62. The van der Waals surface area contributed by atoms with Crippen molar-refractivity contribution in [2.45, 2.75) is 39.3 Å². The first-order valence-corrected chi connectivity index (χ1v) is 4.71. The first-order valence-electron chi connectivity index (χ1n) is 4.71. The fraction of sp³-hybridized carbons (Fsp3) is 0.778. The highest BCUT2D eigenvalue weighted by molar-refractivity contribution is 5.77. The van der Waals surface area contributed by atoms with Gasteiger partial charge >= 0.3 is 0 Å². The SMILES string of the molecule is CC(=O)NC[C@H](N)CC(=O)NC(C)C. The average molecular weight is 201 g/mol. The van der Waals surface area contributed by atoms with Crippen molar-refractivity contribution in [1.29, 1.82) is 0 Å². The van der Waals surface area contributed by atoms with E-state index in [1.807, 2.05) is 13.8 Å². The van der Waals surface area contributed by atoms with Gasteiger partial charge in [-0.25, -0.2) is 0 Å². The van der Waals surface area contributed by atoms with Gasteiger partial charge in [-0.3, -0.25) is 9.59 Å². The molecule has 0 aliphatic heterocycles.